The summed E-state index contributed by atoms with van der Waals surface area (Å²) in [6, 6.07) is 5.84. The van der Waals surface area contributed by atoms with E-state index < -0.39 is 10.0 Å². The highest BCUT2D eigenvalue weighted by Crippen LogP contribution is 2.32. The number of methoxy groups -OCH3 is 1. The van der Waals surface area contributed by atoms with Crippen molar-refractivity contribution in [3.63, 3.8) is 0 Å². The van der Waals surface area contributed by atoms with E-state index in [9.17, 15) is 13.2 Å². The van der Waals surface area contributed by atoms with Crippen LogP contribution in [-0.2, 0) is 26.0 Å². The molecule has 0 saturated carbocycles. The maximum atomic E-state index is 12.7. The first-order valence-corrected chi connectivity index (χ1v) is 10.5. The van der Waals surface area contributed by atoms with Crippen LogP contribution in [0.3, 0.4) is 0 Å². The number of hydrogen-bond acceptors (Lipinski definition) is 5. The van der Waals surface area contributed by atoms with Gasteiger partial charge in [0.15, 0.2) is 0 Å². The number of rotatable bonds is 5. The molecule has 1 saturated heterocycles. The van der Waals surface area contributed by atoms with Gasteiger partial charge in [-0.25, -0.2) is 8.42 Å². The minimum atomic E-state index is -3.42. The van der Waals surface area contributed by atoms with Gasteiger partial charge in [-0.05, 0) is 36.6 Å². The van der Waals surface area contributed by atoms with Crippen LogP contribution in [0.2, 0.25) is 0 Å². The Bertz CT molecular complexity index is 759. The maximum Gasteiger partial charge on any atom is 0.224 e. The molecule has 1 fully saturated rings. The molecule has 2 aliphatic heterocycles. The summed E-state index contributed by atoms with van der Waals surface area (Å²) < 4.78 is 36.7. The quantitative estimate of drug-likeness (QED) is 0.765. The fraction of sp³-hybridized carbons (Fsp3) is 0.611. The summed E-state index contributed by atoms with van der Waals surface area (Å²) in [5, 5.41) is 0. The van der Waals surface area contributed by atoms with Crippen molar-refractivity contribution in [1.29, 1.82) is 0 Å². The third kappa shape index (κ3) is 4.02. The zero-order valence-electron chi connectivity index (χ0n) is 15.3. The van der Waals surface area contributed by atoms with E-state index in [0.29, 0.717) is 32.8 Å². The number of morpholine rings is 1. The summed E-state index contributed by atoms with van der Waals surface area (Å²) in [5.41, 5.74) is 2.28. The van der Waals surface area contributed by atoms with Crippen molar-refractivity contribution in [3.8, 4) is 5.75 Å². The second-order valence-corrected chi connectivity index (χ2v) is 8.74. The van der Waals surface area contributed by atoms with Crippen LogP contribution in [0.5, 0.6) is 5.75 Å². The Balaban J connectivity index is 1.64. The predicted molar refractivity (Wildman–Crippen MR) is 97.6 cm³/mol. The highest BCUT2D eigenvalue weighted by atomic mass is 32.2. The lowest BCUT2D eigenvalue weighted by molar-refractivity contribution is -0.133. The third-order valence-corrected chi connectivity index (χ3v) is 7.02. The number of fused-ring (bicyclic) bond motifs is 1. The summed E-state index contributed by atoms with van der Waals surface area (Å²) >= 11 is 0. The number of carbonyl (C=O) groups is 1. The monoisotopic (exact) mass is 382 g/mol. The van der Waals surface area contributed by atoms with Gasteiger partial charge in [-0.2, -0.15) is 4.31 Å². The van der Waals surface area contributed by atoms with E-state index in [1.54, 1.807) is 12.0 Å². The minimum absolute atomic E-state index is 0.00331. The molecule has 0 spiro atoms. The molecule has 3 rings (SSSR count). The molecule has 1 aromatic rings. The number of sulfonamides is 1. The van der Waals surface area contributed by atoms with E-state index in [2.05, 4.69) is 0 Å². The van der Waals surface area contributed by atoms with E-state index in [4.69, 9.17) is 9.47 Å². The van der Waals surface area contributed by atoms with Crippen LogP contribution >= 0.6 is 0 Å². The molecule has 0 N–H and O–H groups in total. The second kappa shape index (κ2) is 7.94. The van der Waals surface area contributed by atoms with E-state index in [0.717, 1.165) is 17.7 Å². The number of hydrogen-bond donors (Lipinski definition) is 0. The number of benzene rings is 1. The van der Waals surface area contributed by atoms with Crippen LogP contribution < -0.4 is 4.74 Å². The SMILES string of the molecule is COc1ccc2c(c1)C(C)N(C(=O)CCS(=O)(=O)N1CCOCC1)CC2. The largest absolute Gasteiger partial charge is 0.497 e. The molecule has 1 unspecified atom stereocenters. The van der Waals surface area contributed by atoms with Gasteiger partial charge in [0.1, 0.15) is 5.75 Å². The van der Waals surface area contributed by atoms with Crippen molar-refractivity contribution in [2.45, 2.75) is 25.8 Å². The first kappa shape index (κ1) is 19.1. The van der Waals surface area contributed by atoms with E-state index in [1.165, 1.54) is 9.87 Å². The molecular formula is C18H26N2O5S. The van der Waals surface area contributed by atoms with Gasteiger partial charge in [0.2, 0.25) is 15.9 Å². The molecule has 7 nitrogen and oxygen atoms in total. The lowest BCUT2D eigenvalue weighted by Crippen LogP contribution is -2.43. The Hall–Kier alpha value is -1.64. The normalized spacial score (nSPS) is 21.3. The van der Waals surface area contributed by atoms with Gasteiger partial charge < -0.3 is 14.4 Å². The van der Waals surface area contributed by atoms with Gasteiger partial charge in [-0.15, -0.1) is 0 Å². The Labute approximate surface area is 154 Å². The molecule has 1 atom stereocenters. The zero-order valence-corrected chi connectivity index (χ0v) is 16.1. The van der Waals surface area contributed by atoms with Gasteiger partial charge in [-0.1, -0.05) is 6.07 Å². The van der Waals surface area contributed by atoms with Crippen molar-refractivity contribution in [2.24, 2.45) is 0 Å². The lowest BCUT2D eigenvalue weighted by Gasteiger charge is -2.35. The third-order valence-electron chi connectivity index (χ3n) is 5.15. The van der Waals surface area contributed by atoms with Crippen LogP contribution in [0.4, 0.5) is 0 Å². The van der Waals surface area contributed by atoms with E-state index >= 15 is 0 Å². The lowest BCUT2D eigenvalue weighted by atomic mass is 9.93. The smallest absolute Gasteiger partial charge is 0.224 e. The Morgan fingerprint density at radius 1 is 1.27 bits per heavy atom. The first-order valence-electron chi connectivity index (χ1n) is 8.94. The van der Waals surface area contributed by atoms with Gasteiger partial charge in [0.25, 0.3) is 0 Å². The first-order chi connectivity index (χ1) is 12.4. The Morgan fingerprint density at radius 2 is 2.00 bits per heavy atom. The molecule has 0 aliphatic carbocycles. The van der Waals surface area contributed by atoms with E-state index in [1.807, 2.05) is 25.1 Å². The number of amides is 1. The van der Waals surface area contributed by atoms with Crippen molar-refractivity contribution < 1.29 is 22.7 Å². The zero-order chi connectivity index (χ0) is 18.7. The van der Waals surface area contributed by atoms with Crippen LogP contribution in [0.15, 0.2) is 18.2 Å². The van der Waals surface area contributed by atoms with Gasteiger partial charge in [-0.3, -0.25) is 4.79 Å². The molecule has 1 aromatic carbocycles. The van der Waals surface area contributed by atoms with Crippen molar-refractivity contribution in [1.82, 2.24) is 9.21 Å². The molecule has 2 aliphatic rings. The summed E-state index contributed by atoms with van der Waals surface area (Å²) in [6.45, 7) is 4.14. The topological polar surface area (TPSA) is 76.2 Å². The van der Waals surface area contributed by atoms with Crippen LogP contribution in [0.25, 0.3) is 0 Å². The fourth-order valence-electron chi connectivity index (χ4n) is 3.57. The predicted octanol–water partition coefficient (Wildman–Crippen LogP) is 1.19. The van der Waals surface area contributed by atoms with Crippen molar-refractivity contribution >= 4 is 15.9 Å². The van der Waals surface area contributed by atoms with Crippen LogP contribution in [0.1, 0.15) is 30.5 Å². The second-order valence-electron chi connectivity index (χ2n) is 6.66. The highest BCUT2D eigenvalue weighted by molar-refractivity contribution is 7.89. The standard InChI is InChI=1S/C18H26N2O5S/c1-14-17-13-16(24-2)4-3-15(17)5-7-20(14)18(21)6-12-26(22,23)19-8-10-25-11-9-19/h3-4,13-14H,5-12H2,1-2H3. The van der Waals surface area contributed by atoms with Crippen molar-refractivity contribution in [3.05, 3.63) is 29.3 Å². The molecule has 144 valence electrons. The molecule has 26 heavy (non-hydrogen) atoms. The summed E-state index contributed by atoms with van der Waals surface area (Å²) in [4.78, 5) is 14.5. The average Bonchev–Trinajstić information content (AvgIpc) is 2.67. The summed E-state index contributed by atoms with van der Waals surface area (Å²) in [6.07, 6.45) is 0.773. The number of carbonyl (C=O) groups excluding carboxylic acids is 1. The van der Waals surface area contributed by atoms with Crippen LogP contribution in [0, 0.1) is 0 Å². The summed E-state index contributed by atoms with van der Waals surface area (Å²) in [7, 11) is -1.80. The molecule has 0 radical (unpaired) electrons. The number of ether oxygens (including phenoxy) is 2. The Kier molecular flexibility index (Phi) is 5.84. The Morgan fingerprint density at radius 3 is 2.69 bits per heavy atom. The van der Waals surface area contributed by atoms with Gasteiger partial charge in [0.05, 0.1) is 32.1 Å². The van der Waals surface area contributed by atoms with Gasteiger partial charge in [0, 0.05) is 26.1 Å². The minimum Gasteiger partial charge on any atom is -0.497 e. The average molecular weight is 382 g/mol. The van der Waals surface area contributed by atoms with Crippen molar-refractivity contribution in [2.75, 3.05) is 45.7 Å². The van der Waals surface area contributed by atoms with Gasteiger partial charge >= 0.3 is 0 Å². The summed E-state index contributed by atoms with van der Waals surface area (Å²) in [5.74, 6) is 0.489. The van der Waals surface area contributed by atoms with Crippen LogP contribution in [-0.4, -0.2) is 69.2 Å². The highest BCUT2D eigenvalue weighted by Gasteiger charge is 2.30. The molecule has 1 amide bonds. The number of nitrogens with zero attached hydrogens (tertiary/aromatic N) is 2. The molecule has 2 heterocycles. The fourth-order valence-corrected chi connectivity index (χ4v) is 4.97. The molecular weight excluding hydrogens is 356 g/mol. The maximum absolute atomic E-state index is 12.7. The molecule has 0 aromatic heterocycles. The van der Waals surface area contributed by atoms with E-state index in [-0.39, 0.29) is 24.1 Å². The molecule has 8 heteroatoms. The molecule has 0 bridgehead atoms.